The molecular formula is C22H21IN2O6S. The fourth-order valence-electron chi connectivity index (χ4n) is 2.95. The molecule has 0 unspecified atom stereocenters. The van der Waals surface area contributed by atoms with Crippen molar-refractivity contribution in [3.8, 4) is 17.2 Å². The van der Waals surface area contributed by atoms with Crippen molar-refractivity contribution in [1.29, 1.82) is 0 Å². The Labute approximate surface area is 203 Å². The Balaban J connectivity index is 1.70. The number of amides is 3. The SMILES string of the molecule is CCOc1ccc(NC(=O)CN2C(=O)S/C(=C/c3cc(I)c(OC)c(OC)c3)C2=O)cc1. The van der Waals surface area contributed by atoms with E-state index in [0.717, 1.165) is 20.2 Å². The normalized spacial score (nSPS) is 14.6. The van der Waals surface area contributed by atoms with E-state index in [-0.39, 0.29) is 11.4 Å². The monoisotopic (exact) mass is 568 g/mol. The van der Waals surface area contributed by atoms with Gasteiger partial charge in [0.15, 0.2) is 11.5 Å². The summed E-state index contributed by atoms with van der Waals surface area (Å²) in [6.45, 7) is 2.05. The van der Waals surface area contributed by atoms with Gasteiger partial charge in [-0.25, -0.2) is 0 Å². The lowest BCUT2D eigenvalue weighted by Crippen LogP contribution is -2.36. The summed E-state index contributed by atoms with van der Waals surface area (Å²) in [6.07, 6.45) is 1.60. The molecule has 2 aromatic rings. The van der Waals surface area contributed by atoms with Crippen LogP contribution in [0.15, 0.2) is 41.3 Å². The maximum atomic E-state index is 12.7. The van der Waals surface area contributed by atoms with Crippen molar-refractivity contribution in [1.82, 2.24) is 4.90 Å². The van der Waals surface area contributed by atoms with E-state index in [0.29, 0.717) is 35.1 Å². The summed E-state index contributed by atoms with van der Waals surface area (Å²) < 4.78 is 16.8. The van der Waals surface area contributed by atoms with Gasteiger partial charge in [0.2, 0.25) is 5.91 Å². The first kappa shape index (κ1) is 23.9. The highest BCUT2D eigenvalue weighted by molar-refractivity contribution is 14.1. The number of anilines is 1. The van der Waals surface area contributed by atoms with E-state index in [9.17, 15) is 14.4 Å². The number of methoxy groups -OCH3 is 2. The first-order valence-electron chi connectivity index (χ1n) is 9.55. The lowest BCUT2D eigenvalue weighted by molar-refractivity contribution is -0.127. The fraction of sp³-hybridized carbons (Fsp3) is 0.227. The molecule has 0 aromatic heterocycles. The van der Waals surface area contributed by atoms with Crippen molar-refractivity contribution in [2.75, 3.05) is 32.7 Å². The van der Waals surface area contributed by atoms with Crippen molar-refractivity contribution < 1.29 is 28.6 Å². The number of hydrogen-bond acceptors (Lipinski definition) is 7. The number of ether oxygens (including phenoxy) is 3. The van der Waals surface area contributed by atoms with Crippen molar-refractivity contribution in [2.45, 2.75) is 6.92 Å². The third-order valence-corrected chi connectivity index (χ3v) is 6.09. The minimum Gasteiger partial charge on any atom is -0.494 e. The molecule has 0 radical (unpaired) electrons. The Bertz CT molecular complexity index is 1070. The van der Waals surface area contributed by atoms with Gasteiger partial charge in [-0.3, -0.25) is 19.3 Å². The van der Waals surface area contributed by atoms with Gasteiger partial charge in [-0.1, -0.05) is 0 Å². The number of imide groups is 1. The molecule has 2 aromatic carbocycles. The van der Waals surface area contributed by atoms with Gasteiger partial charge in [0.1, 0.15) is 12.3 Å². The van der Waals surface area contributed by atoms with Crippen LogP contribution in [0.3, 0.4) is 0 Å². The molecule has 0 bridgehead atoms. The first-order chi connectivity index (χ1) is 15.4. The third-order valence-electron chi connectivity index (χ3n) is 4.38. The molecule has 1 aliphatic heterocycles. The molecular weight excluding hydrogens is 547 g/mol. The average molecular weight is 568 g/mol. The zero-order valence-corrected chi connectivity index (χ0v) is 20.6. The molecule has 3 rings (SSSR count). The van der Waals surface area contributed by atoms with Crippen LogP contribution >= 0.6 is 34.4 Å². The number of carbonyl (C=O) groups excluding carboxylic acids is 3. The Morgan fingerprint density at radius 1 is 1.16 bits per heavy atom. The van der Waals surface area contributed by atoms with Crippen LogP contribution in [-0.4, -0.2) is 49.3 Å². The van der Waals surface area contributed by atoms with Gasteiger partial charge in [0.25, 0.3) is 11.1 Å². The molecule has 168 valence electrons. The van der Waals surface area contributed by atoms with Crippen LogP contribution in [0.1, 0.15) is 12.5 Å². The summed E-state index contributed by atoms with van der Waals surface area (Å²) in [6, 6.07) is 10.4. The van der Waals surface area contributed by atoms with Crippen LogP contribution in [0.25, 0.3) is 6.08 Å². The molecule has 10 heteroatoms. The maximum Gasteiger partial charge on any atom is 0.294 e. The second-order valence-corrected chi connectivity index (χ2v) is 8.67. The summed E-state index contributed by atoms with van der Waals surface area (Å²) in [5.74, 6) is 0.792. The maximum absolute atomic E-state index is 12.7. The fourth-order valence-corrected chi connectivity index (χ4v) is 4.64. The number of halogens is 1. The zero-order valence-electron chi connectivity index (χ0n) is 17.6. The van der Waals surface area contributed by atoms with Crippen LogP contribution < -0.4 is 19.5 Å². The molecule has 1 fully saturated rings. The van der Waals surface area contributed by atoms with E-state index < -0.39 is 17.1 Å². The van der Waals surface area contributed by atoms with Crippen molar-refractivity contribution in [2.24, 2.45) is 0 Å². The summed E-state index contributed by atoms with van der Waals surface area (Å²) in [7, 11) is 3.07. The lowest BCUT2D eigenvalue weighted by Gasteiger charge is -2.13. The topological polar surface area (TPSA) is 94.2 Å². The molecule has 8 nitrogen and oxygen atoms in total. The third kappa shape index (κ3) is 5.54. The largest absolute Gasteiger partial charge is 0.494 e. The summed E-state index contributed by atoms with van der Waals surface area (Å²) in [5, 5.41) is 2.18. The van der Waals surface area contributed by atoms with E-state index >= 15 is 0 Å². The average Bonchev–Trinajstić information content (AvgIpc) is 3.02. The second kappa shape index (κ2) is 10.7. The molecule has 0 atom stereocenters. The molecule has 0 saturated carbocycles. The number of rotatable bonds is 8. The quantitative estimate of drug-likeness (QED) is 0.373. The highest BCUT2D eigenvalue weighted by Crippen LogP contribution is 2.37. The summed E-state index contributed by atoms with van der Waals surface area (Å²) in [4.78, 5) is 38.7. The molecule has 0 spiro atoms. The molecule has 3 amide bonds. The molecule has 32 heavy (non-hydrogen) atoms. The Kier molecular flexibility index (Phi) is 8.02. The first-order valence-corrected chi connectivity index (χ1v) is 11.4. The predicted octanol–water partition coefficient (Wildman–Crippen LogP) is 4.38. The van der Waals surface area contributed by atoms with Crippen LogP contribution in [0.4, 0.5) is 10.5 Å². The zero-order chi connectivity index (χ0) is 23.3. The minimum atomic E-state index is -0.522. The van der Waals surface area contributed by atoms with Crippen molar-refractivity contribution >= 4 is 63.2 Å². The molecule has 1 N–H and O–H groups in total. The Morgan fingerprint density at radius 3 is 2.50 bits per heavy atom. The van der Waals surface area contributed by atoms with Gasteiger partial charge in [0, 0.05) is 5.69 Å². The Hall–Kier alpha value is -2.73. The van der Waals surface area contributed by atoms with E-state index in [2.05, 4.69) is 27.9 Å². The number of thioether (sulfide) groups is 1. The van der Waals surface area contributed by atoms with E-state index in [4.69, 9.17) is 14.2 Å². The van der Waals surface area contributed by atoms with Crippen molar-refractivity contribution in [3.63, 3.8) is 0 Å². The highest BCUT2D eigenvalue weighted by Gasteiger charge is 2.36. The van der Waals surface area contributed by atoms with E-state index in [1.54, 1.807) is 43.5 Å². The molecule has 1 aliphatic rings. The van der Waals surface area contributed by atoms with Gasteiger partial charge in [0.05, 0.1) is 29.3 Å². The number of nitrogens with zero attached hydrogens (tertiary/aromatic N) is 1. The van der Waals surface area contributed by atoms with Gasteiger partial charge in [-0.15, -0.1) is 0 Å². The van der Waals surface area contributed by atoms with Crippen molar-refractivity contribution in [3.05, 3.63) is 50.4 Å². The summed E-state index contributed by atoms with van der Waals surface area (Å²) in [5.41, 5.74) is 1.22. The summed E-state index contributed by atoms with van der Waals surface area (Å²) >= 11 is 2.89. The van der Waals surface area contributed by atoms with E-state index in [1.165, 1.54) is 7.11 Å². The standard InChI is InChI=1S/C22H21IN2O6S/c1-4-31-15-7-5-14(6-8-15)24-19(26)12-25-21(27)18(32-22(25)28)11-13-9-16(23)20(30-3)17(10-13)29-2/h5-11H,4,12H2,1-3H3,(H,24,26)/b18-11+. The number of benzene rings is 2. The smallest absolute Gasteiger partial charge is 0.294 e. The van der Waals surface area contributed by atoms with Gasteiger partial charge >= 0.3 is 0 Å². The van der Waals surface area contributed by atoms with Crippen LogP contribution in [0.5, 0.6) is 17.2 Å². The molecule has 0 aliphatic carbocycles. The van der Waals surface area contributed by atoms with Gasteiger partial charge in [-0.05, 0) is 89.3 Å². The Morgan fingerprint density at radius 2 is 1.88 bits per heavy atom. The molecule has 1 saturated heterocycles. The minimum absolute atomic E-state index is 0.229. The number of nitrogens with one attached hydrogen (secondary N) is 1. The van der Waals surface area contributed by atoms with E-state index in [1.807, 2.05) is 13.0 Å². The van der Waals surface area contributed by atoms with Gasteiger partial charge < -0.3 is 19.5 Å². The second-order valence-electron chi connectivity index (χ2n) is 6.51. The highest BCUT2D eigenvalue weighted by atomic mass is 127. The number of hydrogen-bond donors (Lipinski definition) is 1. The predicted molar refractivity (Wildman–Crippen MR) is 131 cm³/mol. The molecule has 1 heterocycles. The van der Waals surface area contributed by atoms with Crippen LogP contribution in [0, 0.1) is 3.57 Å². The lowest BCUT2D eigenvalue weighted by atomic mass is 10.2. The van der Waals surface area contributed by atoms with Crippen LogP contribution in [0.2, 0.25) is 0 Å². The van der Waals surface area contributed by atoms with Crippen LogP contribution in [-0.2, 0) is 9.59 Å². The number of carbonyl (C=O) groups is 3. The van der Waals surface area contributed by atoms with Gasteiger partial charge in [-0.2, -0.15) is 0 Å².